The van der Waals surface area contributed by atoms with E-state index in [1.54, 1.807) is 4.90 Å². The average molecular weight is 421 g/mol. The predicted octanol–water partition coefficient (Wildman–Crippen LogP) is 5.93. The van der Waals surface area contributed by atoms with Crippen LogP contribution in [-0.4, -0.2) is 30.1 Å². The summed E-state index contributed by atoms with van der Waals surface area (Å²) in [6.45, 7) is 7.82. The van der Waals surface area contributed by atoms with Crippen LogP contribution in [0.5, 0.6) is 0 Å². The molecule has 1 aliphatic rings. The van der Waals surface area contributed by atoms with Gasteiger partial charge in [-0.25, -0.2) is 4.98 Å². The fraction of sp³-hybridized carbons (Fsp3) is 0.360. The number of benzene rings is 2. The van der Waals surface area contributed by atoms with Crippen molar-refractivity contribution < 1.29 is 9.53 Å². The van der Waals surface area contributed by atoms with Crippen molar-refractivity contribution in [2.75, 3.05) is 18.1 Å². The van der Waals surface area contributed by atoms with Gasteiger partial charge in [-0.15, -0.1) is 11.3 Å². The van der Waals surface area contributed by atoms with E-state index in [0.29, 0.717) is 17.2 Å². The maximum atomic E-state index is 13.5. The van der Waals surface area contributed by atoms with Gasteiger partial charge in [-0.1, -0.05) is 63.2 Å². The first-order valence-corrected chi connectivity index (χ1v) is 11.3. The van der Waals surface area contributed by atoms with Crippen molar-refractivity contribution in [1.82, 2.24) is 4.98 Å². The van der Waals surface area contributed by atoms with Gasteiger partial charge in [-0.3, -0.25) is 9.69 Å². The molecule has 0 aliphatic carbocycles. The SMILES string of the molecule is CC(C)(C)c1ccc(C(=O)N(C[C@H]2CCCO2)c2nc(-c3ccccc3)cs2)cc1. The first-order chi connectivity index (χ1) is 14.4. The normalized spacial score (nSPS) is 16.6. The second-order valence-corrected chi connectivity index (χ2v) is 9.60. The smallest absolute Gasteiger partial charge is 0.260 e. The fourth-order valence-electron chi connectivity index (χ4n) is 3.64. The van der Waals surface area contributed by atoms with Gasteiger partial charge in [0.1, 0.15) is 0 Å². The van der Waals surface area contributed by atoms with Gasteiger partial charge in [0.15, 0.2) is 5.13 Å². The first kappa shape index (κ1) is 20.8. The van der Waals surface area contributed by atoms with E-state index in [2.05, 4.69) is 32.9 Å². The van der Waals surface area contributed by atoms with Crippen molar-refractivity contribution in [3.63, 3.8) is 0 Å². The number of carbonyl (C=O) groups excluding carboxylic acids is 1. The number of carbonyl (C=O) groups is 1. The van der Waals surface area contributed by atoms with Crippen LogP contribution in [0.15, 0.2) is 60.0 Å². The Labute approximate surface area is 182 Å². The number of anilines is 1. The molecular formula is C25H28N2O2S. The Morgan fingerprint density at radius 2 is 1.87 bits per heavy atom. The topological polar surface area (TPSA) is 42.4 Å². The van der Waals surface area contributed by atoms with E-state index < -0.39 is 0 Å². The third-order valence-electron chi connectivity index (χ3n) is 5.45. The summed E-state index contributed by atoms with van der Waals surface area (Å²) in [6, 6.07) is 18.0. The monoisotopic (exact) mass is 420 g/mol. The largest absolute Gasteiger partial charge is 0.376 e. The molecule has 0 spiro atoms. The van der Waals surface area contributed by atoms with Crippen LogP contribution in [0.25, 0.3) is 11.3 Å². The van der Waals surface area contributed by atoms with Crippen molar-refractivity contribution >= 4 is 22.4 Å². The van der Waals surface area contributed by atoms with Gasteiger partial charge in [0.2, 0.25) is 0 Å². The Bertz CT molecular complexity index is 984. The lowest BCUT2D eigenvalue weighted by Crippen LogP contribution is -2.37. The van der Waals surface area contributed by atoms with Crippen molar-refractivity contribution in [3.8, 4) is 11.3 Å². The zero-order valence-electron chi connectivity index (χ0n) is 17.8. The molecule has 0 bridgehead atoms. The van der Waals surface area contributed by atoms with E-state index in [-0.39, 0.29) is 17.4 Å². The number of hydrogen-bond donors (Lipinski definition) is 0. The van der Waals surface area contributed by atoms with Crippen molar-refractivity contribution in [3.05, 3.63) is 71.1 Å². The molecule has 1 amide bonds. The summed E-state index contributed by atoms with van der Waals surface area (Å²) >= 11 is 1.50. The quantitative estimate of drug-likeness (QED) is 0.513. The van der Waals surface area contributed by atoms with Gasteiger partial charge in [-0.05, 0) is 36.0 Å². The number of amides is 1. The van der Waals surface area contributed by atoms with Gasteiger partial charge in [-0.2, -0.15) is 0 Å². The molecular weight excluding hydrogens is 392 g/mol. The molecule has 2 heterocycles. The molecule has 1 saturated heterocycles. The molecule has 0 saturated carbocycles. The Morgan fingerprint density at radius 1 is 1.13 bits per heavy atom. The molecule has 156 valence electrons. The summed E-state index contributed by atoms with van der Waals surface area (Å²) in [5.41, 5.74) is 3.89. The summed E-state index contributed by atoms with van der Waals surface area (Å²) in [6.07, 6.45) is 2.08. The lowest BCUT2D eigenvalue weighted by molar-refractivity contribution is 0.0917. The molecule has 4 nitrogen and oxygen atoms in total. The Hall–Kier alpha value is -2.50. The summed E-state index contributed by atoms with van der Waals surface area (Å²) in [7, 11) is 0. The molecule has 30 heavy (non-hydrogen) atoms. The molecule has 0 radical (unpaired) electrons. The highest BCUT2D eigenvalue weighted by Gasteiger charge is 2.27. The number of nitrogens with zero attached hydrogens (tertiary/aromatic N) is 2. The van der Waals surface area contributed by atoms with E-state index in [1.807, 2.05) is 47.8 Å². The highest BCUT2D eigenvalue weighted by Crippen LogP contribution is 2.30. The van der Waals surface area contributed by atoms with Crippen LogP contribution in [0, 0.1) is 0 Å². The number of hydrogen-bond acceptors (Lipinski definition) is 4. The van der Waals surface area contributed by atoms with Crippen molar-refractivity contribution in [2.45, 2.75) is 45.1 Å². The Balaban J connectivity index is 1.63. The molecule has 1 aliphatic heterocycles. The van der Waals surface area contributed by atoms with Gasteiger partial charge in [0.05, 0.1) is 18.3 Å². The number of thiazole rings is 1. The molecule has 3 aromatic rings. The molecule has 0 unspecified atom stereocenters. The van der Waals surface area contributed by atoms with Crippen LogP contribution >= 0.6 is 11.3 Å². The second kappa shape index (κ2) is 8.70. The lowest BCUT2D eigenvalue weighted by Gasteiger charge is -2.24. The van der Waals surface area contributed by atoms with Crippen LogP contribution in [0.4, 0.5) is 5.13 Å². The highest BCUT2D eigenvalue weighted by molar-refractivity contribution is 7.14. The van der Waals surface area contributed by atoms with E-state index in [1.165, 1.54) is 16.9 Å². The average Bonchev–Trinajstić information content (AvgIpc) is 3.44. The van der Waals surface area contributed by atoms with Crippen molar-refractivity contribution in [2.24, 2.45) is 0 Å². The van der Waals surface area contributed by atoms with Gasteiger partial charge in [0, 0.05) is 23.1 Å². The zero-order valence-corrected chi connectivity index (χ0v) is 18.6. The van der Waals surface area contributed by atoms with Gasteiger partial charge in [0.25, 0.3) is 5.91 Å². The summed E-state index contributed by atoms with van der Waals surface area (Å²) in [5, 5.41) is 2.73. The van der Waals surface area contributed by atoms with E-state index in [4.69, 9.17) is 9.72 Å². The minimum atomic E-state index is -0.0279. The maximum Gasteiger partial charge on any atom is 0.260 e. The minimum absolute atomic E-state index is 0.0279. The molecule has 1 fully saturated rings. The highest BCUT2D eigenvalue weighted by atomic mass is 32.1. The first-order valence-electron chi connectivity index (χ1n) is 10.5. The fourth-order valence-corrected chi connectivity index (χ4v) is 4.48. The van der Waals surface area contributed by atoms with Crippen LogP contribution < -0.4 is 4.90 Å². The summed E-state index contributed by atoms with van der Waals surface area (Å²) < 4.78 is 5.83. The van der Waals surface area contributed by atoms with E-state index in [9.17, 15) is 4.79 Å². The molecule has 5 heteroatoms. The standard InChI is InChI=1S/C25H28N2O2S/c1-25(2,3)20-13-11-19(12-14-20)23(28)27(16-21-10-7-15-29-21)24-26-22(17-30-24)18-8-5-4-6-9-18/h4-6,8-9,11-14,17,21H,7,10,15-16H2,1-3H3/t21-/m1/s1. The zero-order chi connectivity index (χ0) is 21.1. The maximum absolute atomic E-state index is 13.5. The van der Waals surface area contributed by atoms with E-state index >= 15 is 0 Å². The van der Waals surface area contributed by atoms with E-state index in [0.717, 1.165) is 30.7 Å². The van der Waals surface area contributed by atoms with Crippen LogP contribution in [0.2, 0.25) is 0 Å². The third-order valence-corrected chi connectivity index (χ3v) is 6.31. The number of ether oxygens (including phenoxy) is 1. The Kier molecular flexibility index (Phi) is 6.02. The number of rotatable bonds is 5. The lowest BCUT2D eigenvalue weighted by atomic mass is 9.86. The van der Waals surface area contributed by atoms with Gasteiger partial charge >= 0.3 is 0 Å². The molecule has 4 rings (SSSR count). The number of aromatic nitrogens is 1. The van der Waals surface area contributed by atoms with Crippen LogP contribution in [0.1, 0.15) is 49.5 Å². The molecule has 1 aromatic heterocycles. The summed E-state index contributed by atoms with van der Waals surface area (Å²) in [5.74, 6) is -0.0279. The third kappa shape index (κ3) is 4.63. The van der Waals surface area contributed by atoms with Crippen LogP contribution in [-0.2, 0) is 10.2 Å². The van der Waals surface area contributed by atoms with Crippen molar-refractivity contribution in [1.29, 1.82) is 0 Å². The minimum Gasteiger partial charge on any atom is -0.376 e. The summed E-state index contributed by atoms with van der Waals surface area (Å²) in [4.78, 5) is 20.1. The predicted molar refractivity (Wildman–Crippen MR) is 123 cm³/mol. The molecule has 2 aromatic carbocycles. The second-order valence-electron chi connectivity index (χ2n) is 8.76. The molecule has 0 N–H and O–H groups in total. The van der Waals surface area contributed by atoms with Crippen LogP contribution in [0.3, 0.4) is 0 Å². The Morgan fingerprint density at radius 3 is 2.50 bits per heavy atom. The van der Waals surface area contributed by atoms with Gasteiger partial charge < -0.3 is 4.74 Å². The molecule has 1 atom stereocenters.